The summed E-state index contributed by atoms with van der Waals surface area (Å²) in [5.41, 5.74) is 1.07. The summed E-state index contributed by atoms with van der Waals surface area (Å²) >= 11 is 0. The van der Waals surface area contributed by atoms with Crippen molar-refractivity contribution in [3.05, 3.63) is 35.9 Å². The van der Waals surface area contributed by atoms with Crippen LogP contribution in [0, 0.1) is 0 Å². The van der Waals surface area contributed by atoms with Crippen molar-refractivity contribution in [2.45, 2.75) is 31.6 Å². The highest BCUT2D eigenvalue weighted by atomic mass is 19.1. The first-order valence-electron chi connectivity index (χ1n) is 5.73. The van der Waals surface area contributed by atoms with E-state index in [0.717, 1.165) is 5.56 Å². The van der Waals surface area contributed by atoms with Crippen LogP contribution < -0.4 is 0 Å². The molecule has 94 valence electrons. The Balaban J connectivity index is 1.72. The van der Waals surface area contributed by atoms with Gasteiger partial charge in [-0.05, 0) is 5.56 Å². The average molecular weight is 240 g/mol. The fourth-order valence-corrected chi connectivity index (χ4v) is 1.83. The number of hydrogen-bond donors (Lipinski definition) is 0. The molecular formula is C13H17FO3. The molecule has 1 heterocycles. The topological polar surface area (TPSA) is 27.7 Å². The van der Waals surface area contributed by atoms with Crippen molar-refractivity contribution in [1.29, 1.82) is 0 Å². The van der Waals surface area contributed by atoms with Crippen LogP contribution in [-0.2, 0) is 20.8 Å². The Hall–Kier alpha value is -0.970. The van der Waals surface area contributed by atoms with E-state index in [9.17, 15) is 4.39 Å². The normalized spacial score (nSPS) is 28.5. The van der Waals surface area contributed by atoms with Crippen molar-refractivity contribution in [1.82, 2.24) is 0 Å². The van der Waals surface area contributed by atoms with Gasteiger partial charge in [0, 0.05) is 13.5 Å². The lowest BCUT2D eigenvalue weighted by molar-refractivity contribution is -0.132. The Morgan fingerprint density at radius 2 is 2.12 bits per heavy atom. The molecule has 0 unspecified atom stereocenters. The van der Waals surface area contributed by atoms with Gasteiger partial charge in [-0.2, -0.15) is 0 Å². The summed E-state index contributed by atoms with van der Waals surface area (Å²) in [6, 6.07) is 9.79. The fourth-order valence-electron chi connectivity index (χ4n) is 1.83. The summed E-state index contributed by atoms with van der Waals surface area (Å²) in [4.78, 5) is 0. The van der Waals surface area contributed by atoms with E-state index in [1.54, 1.807) is 0 Å². The van der Waals surface area contributed by atoms with Gasteiger partial charge in [0.05, 0.1) is 13.2 Å². The van der Waals surface area contributed by atoms with Crippen LogP contribution in [0.15, 0.2) is 30.3 Å². The Bertz CT molecular complexity index is 331. The van der Waals surface area contributed by atoms with E-state index in [0.29, 0.717) is 6.61 Å². The van der Waals surface area contributed by atoms with Gasteiger partial charge in [0.1, 0.15) is 12.3 Å². The smallest absolute Gasteiger partial charge is 0.160 e. The van der Waals surface area contributed by atoms with E-state index in [1.165, 1.54) is 7.11 Å². The second-order valence-electron chi connectivity index (χ2n) is 4.09. The van der Waals surface area contributed by atoms with E-state index in [1.807, 2.05) is 30.3 Å². The number of methoxy groups -OCH3 is 1. The van der Waals surface area contributed by atoms with Gasteiger partial charge >= 0.3 is 0 Å². The largest absolute Gasteiger partial charge is 0.374 e. The molecule has 0 N–H and O–H groups in total. The van der Waals surface area contributed by atoms with Gasteiger partial charge in [0.15, 0.2) is 6.29 Å². The molecule has 0 bridgehead atoms. The maximum absolute atomic E-state index is 13.5. The first-order chi connectivity index (χ1) is 8.29. The fraction of sp³-hybridized carbons (Fsp3) is 0.538. The molecule has 0 aliphatic carbocycles. The number of hydrogen-bond acceptors (Lipinski definition) is 3. The standard InChI is InChI=1S/C13H17FO3/c1-15-13-7-11(14)12(17-13)9-16-8-10-5-3-2-4-6-10/h2-6,11-13H,7-9H2,1H3/t11-,12+,13-/m0/s1. The van der Waals surface area contributed by atoms with Crippen molar-refractivity contribution >= 4 is 0 Å². The molecule has 0 spiro atoms. The summed E-state index contributed by atoms with van der Waals surface area (Å²) in [6.07, 6.45) is -1.66. The molecule has 1 aromatic rings. The van der Waals surface area contributed by atoms with Crippen LogP contribution in [0.1, 0.15) is 12.0 Å². The predicted octanol–water partition coefficient (Wildman–Crippen LogP) is 2.30. The van der Waals surface area contributed by atoms with Gasteiger partial charge in [-0.3, -0.25) is 0 Å². The Morgan fingerprint density at radius 1 is 1.35 bits per heavy atom. The van der Waals surface area contributed by atoms with Crippen molar-refractivity contribution in [2.24, 2.45) is 0 Å². The van der Waals surface area contributed by atoms with Crippen LogP contribution in [0.4, 0.5) is 4.39 Å². The van der Waals surface area contributed by atoms with E-state index >= 15 is 0 Å². The maximum Gasteiger partial charge on any atom is 0.160 e. The molecule has 0 aromatic heterocycles. The van der Waals surface area contributed by atoms with Gasteiger partial charge in [-0.1, -0.05) is 30.3 Å². The minimum Gasteiger partial charge on any atom is -0.374 e. The van der Waals surface area contributed by atoms with Crippen molar-refractivity contribution in [3.8, 4) is 0 Å². The molecule has 0 amide bonds. The second-order valence-corrected chi connectivity index (χ2v) is 4.09. The van der Waals surface area contributed by atoms with E-state index < -0.39 is 18.6 Å². The van der Waals surface area contributed by atoms with Gasteiger partial charge in [-0.25, -0.2) is 4.39 Å². The molecule has 1 fully saturated rings. The third-order valence-electron chi connectivity index (χ3n) is 2.80. The zero-order valence-electron chi connectivity index (χ0n) is 9.84. The lowest BCUT2D eigenvalue weighted by Gasteiger charge is -2.13. The van der Waals surface area contributed by atoms with E-state index in [-0.39, 0.29) is 13.0 Å². The molecule has 17 heavy (non-hydrogen) atoms. The van der Waals surface area contributed by atoms with Gasteiger partial charge < -0.3 is 14.2 Å². The van der Waals surface area contributed by atoms with Crippen LogP contribution in [0.3, 0.4) is 0 Å². The molecule has 1 aromatic carbocycles. The SMILES string of the molecule is CO[C@@H]1C[C@H](F)[C@@H](COCc2ccccc2)O1. The molecule has 3 nitrogen and oxygen atoms in total. The number of alkyl halides is 1. The van der Waals surface area contributed by atoms with Gasteiger partial charge in [0.2, 0.25) is 0 Å². The second kappa shape index (κ2) is 6.10. The maximum atomic E-state index is 13.5. The molecule has 4 heteroatoms. The molecule has 0 saturated carbocycles. The van der Waals surface area contributed by atoms with Crippen LogP contribution in [0.2, 0.25) is 0 Å². The molecular weight excluding hydrogens is 223 g/mol. The minimum absolute atomic E-state index is 0.260. The Labute approximate surface area is 100 Å². The molecule has 1 aliphatic rings. The summed E-state index contributed by atoms with van der Waals surface area (Å²) < 4.78 is 29.2. The van der Waals surface area contributed by atoms with Crippen LogP contribution >= 0.6 is 0 Å². The lowest BCUT2D eigenvalue weighted by atomic mass is 10.2. The van der Waals surface area contributed by atoms with Gasteiger partial charge in [0.25, 0.3) is 0 Å². The molecule has 1 aliphatic heterocycles. The van der Waals surface area contributed by atoms with Crippen molar-refractivity contribution in [2.75, 3.05) is 13.7 Å². The predicted molar refractivity (Wildman–Crippen MR) is 61.3 cm³/mol. The number of ether oxygens (including phenoxy) is 3. The average Bonchev–Trinajstić information content (AvgIpc) is 2.72. The highest BCUT2D eigenvalue weighted by molar-refractivity contribution is 5.13. The third-order valence-corrected chi connectivity index (χ3v) is 2.80. The Morgan fingerprint density at radius 3 is 2.76 bits per heavy atom. The monoisotopic (exact) mass is 240 g/mol. The van der Waals surface area contributed by atoms with Crippen molar-refractivity contribution in [3.63, 3.8) is 0 Å². The molecule has 1 saturated heterocycles. The molecule has 2 rings (SSSR count). The van der Waals surface area contributed by atoms with Gasteiger partial charge in [-0.15, -0.1) is 0 Å². The van der Waals surface area contributed by atoms with E-state index in [4.69, 9.17) is 14.2 Å². The molecule has 0 radical (unpaired) electrons. The summed E-state index contributed by atoms with van der Waals surface area (Å²) in [6.45, 7) is 0.737. The van der Waals surface area contributed by atoms with Crippen LogP contribution in [0.5, 0.6) is 0 Å². The first kappa shape index (κ1) is 12.5. The number of rotatable bonds is 5. The highest BCUT2D eigenvalue weighted by Gasteiger charge is 2.35. The summed E-state index contributed by atoms with van der Waals surface area (Å²) in [7, 11) is 1.52. The zero-order chi connectivity index (χ0) is 12.1. The number of halogens is 1. The Kier molecular flexibility index (Phi) is 4.48. The zero-order valence-corrected chi connectivity index (χ0v) is 9.84. The number of benzene rings is 1. The highest BCUT2D eigenvalue weighted by Crippen LogP contribution is 2.24. The van der Waals surface area contributed by atoms with Crippen LogP contribution in [0.25, 0.3) is 0 Å². The third kappa shape index (κ3) is 3.49. The quantitative estimate of drug-likeness (QED) is 0.790. The van der Waals surface area contributed by atoms with Crippen LogP contribution in [-0.4, -0.2) is 32.3 Å². The lowest BCUT2D eigenvalue weighted by Crippen LogP contribution is -2.23. The van der Waals surface area contributed by atoms with E-state index in [2.05, 4.69) is 0 Å². The summed E-state index contributed by atoms with van der Waals surface area (Å²) in [5.74, 6) is 0. The minimum atomic E-state index is -1.00. The van der Waals surface area contributed by atoms with Crippen molar-refractivity contribution < 1.29 is 18.6 Å². The summed E-state index contributed by atoms with van der Waals surface area (Å²) in [5, 5.41) is 0. The molecule has 3 atom stereocenters. The first-order valence-corrected chi connectivity index (χ1v) is 5.73.